The van der Waals surface area contributed by atoms with Crippen LogP contribution < -0.4 is 5.73 Å². The molecule has 0 saturated heterocycles. The second-order valence-electron chi connectivity index (χ2n) is 2.92. The first-order valence-corrected chi connectivity index (χ1v) is 4.23. The summed E-state index contributed by atoms with van der Waals surface area (Å²) in [6.45, 7) is -0.0524. The molecule has 0 aliphatic carbocycles. The van der Waals surface area contributed by atoms with Gasteiger partial charge in [0.15, 0.2) is 0 Å². The quantitative estimate of drug-likeness (QED) is 0.790. The van der Waals surface area contributed by atoms with Crippen LogP contribution in [0.3, 0.4) is 0 Å². The first-order valence-electron chi connectivity index (χ1n) is 4.23. The van der Waals surface area contributed by atoms with Crippen molar-refractivity contribution in [1.29, 1.82) is 0 Å². The molecule has 0 aliphatic rings. The van der Waals surface area contributed by atoms with Crippen LogP contribution in [0, 0.1) is 0 Å². The van der Waals surface area contributed by atoms with Crippen molar-refractivity contribution < 1.29 is 18.7 Å². The van der Waals surface area contributed by atoms with E-state index in [9.17, 15) is 13.6 Å². The number of pyridine rings is 1. The van der Waals surface area contributed by atoms with Gasteiger partial charge in [0.25, 0.3) is 6.43 Å². The number of carboxylic acids is 1. The van der Waals surface area contributed by atoms with Crippen molar-refractivity contribution in [2.75, 3.05) is 0 Å². The number of nitrogens with two attached hydrogens (primary N) is 1. The molecule has 0 atom stereocenters. The van der Waals surface area contributed by atoms with Crippen LogP contribution >= 0.6 is 0 Å². The monoisotopic (exact) mass is 216 g/mol. The lowest BCUT2D eigenvalue weighted by atomic mass is 10.1. The third-order valence-electron chi connectivity index (χ3n) is 1.85. The van der Waals surface area contributed by atoms with Crippen molar-refractivity contribution in [1.82, 2.24) is 4.98 Å². The number of carboxylic acid groups (broad SMARTS) is 1. The van der Waals surface area contributed by atoms with Gasteiger partial charge in [-0.3, -0.25) is 9.78 Å². The molecule has 1 aromatic rings. The highest BCUT2D eigenvalue weighted by Crippen LogP contribution is 2.18. The molecule has 82 valence electrons. The van der Waals surface area contributed by atoms with Gasteiger partial charge >= 0.3 is 5.97 Å². The Bertz CT molecular complexity index is 369. The van der Waals surface area contributed by atoms with E-state index in [2.05, 4.69) is 4.98 Å². The molecule has 6 heteroatoms. The normalized spacial score (nSPS) is 10.7. The van der Waals surface area contributed by atoms with Crippen LogP contribution in [0.15, 0.2) is 12.1 Å². The van der Waals surface area contributed by atoms with Crippen LogP contribution in [0.5, 0.6) is 0 Å². The van der Waals surface area contributed by atoms with E-state index >= 15 is 0 Å². The average Bonchev–Trinajstić information content (AvgIpc) is 2.17. The van der Waals surface area contributed by atoms with Crippen LogP contribution in [0.25, 0.3) is 0 Å². The third kappa shape index (κ3) is 2.95. The molecule has 0 unspecified atom stereocenters. The van der Waals surface area contributed by atoms with E-state index in [-0.39, 0.29) is 24.4 Å². The fourth-order valence-electron chi connectivity index (χ4n) is 1.17. The minimum absolute atomic E-state index is 0.0524. The molecule has 1 heterocycles. The van der Waals surface area contributed by atoms with Gasteiger partial charge in [-0.15, -0.1) is 0 Å². The molecule has 15 heavy (non-hydrogen) atoms. The topological polar surface area (TPSA) is 76.2 Å². The zero-order valence-electron chi connectivity index (χ0n) is 7.78. The Morgan fingerprint density at radius 3 is 2.67 bits per heavy atom. The SMILES string of the molecule is NCc1nc(C(F)F)ccc1CC(=O)O. The molecule has 0 spiro atoms. The summed E-state index contributed by atoms with van der Waals surface area (Å²) in [5.74, 6) is -1.05. The second kappa shape index (κ2) is 4.79. The molecular weight excluding hydrogens is 206 g/mol. The molecule has 0 radical (unpaired) electrons. The lowest BCUT2D eigenvalue weighted by Gasteiger charge is -2.07. The predicted molar refractivity (Wildman–Crippen MR) is 48.4 cm³/mol. The maximum absolute atomic E-state index is 12.3. The van der Waals surface area contributed by atoms with Gasteiger partial charge in [0.05, 0.1) is 12.1 Å². The summed E-state index contributed by atoms with van der Waals surface area (Å²) in [6.07, 6.45) is -2.93. The van der Waals surface area contributed by atoms with Crippen molar-refractivity contribution >= 4 is 5.97 Å². The predicted octanol–water partition coefficient (Wildman–Crippen LogP) is 1.10. The summed E-state index contributed by atoms with van der Waals surface area (Å²) in [5.41, 5.74) is 5.48. The molecule has 0 aromatic carbocycles. The summed E-state index contributed by atoms with van der Waals surface area (Å²) in [6, 6.07) is 2.44. The van der Waals surface area contributed by atoms with Gasteiger partial charge in [-0.05, 0) is 11.6 Å². The average molecular weight is 216 g/mol. The molecule has 4 nitrogen and oxygen atoms in total. The van der Waals surface area contributed by atoms with E-state index in [4.69, 9.17) is 10.8 Å². The number of aromatic nitrogens is 1. The van der Waals surface area contributed by atoms with E-state index in [1.54, 1.807) is 0 Å². The van der Waals surface area contributed by atoms with Crippen molar-refractivity contribution in [2.45, 2.75) is 19.4 Å². The first-order chi connectivity index (χ1) is 7.04. The zero-order chi connectivity index (χ0) is 11.4. The van der Waals surface area contributed by atoms with Crippen LogP contribution in [-0.2, 0) is 17.8 Å². The summed E-state index contributed by atoms with van der Waals surface area (Å²) in [4.78, 5) is 14.0. The van der Waals surface area contributed by atoms with Crippen molar-refractivity contribution in [3.63, 3.8) is 0 Å². The van der Waals surface area contributed by atoms with Crippen LogP contribution in [0.4, 0.5) is 8.78 Å². The van der Waals surface area contributed by atoms with Crippen LogP contribution in [0.1, 0.15) is 23.4 Å². The lowest BCUT2D eigenvalue weighted by Crippen LogP contribution is -2.10. The van der Waals surface area contributed by atoms with Gasteiger partial charge < -0.3 is 10.8 Å². The molecule has 0 saturated carbocycles. The van der Waals surface area contributed by atoms with Crippen molar-refractivity contribution in [3.8, 4) is 0 Å². The largest absolute Gasteiger partial charge is 0.481 e. The summed E-state index contributed by atoms with van der Waals surface area (Å²) >= 11 is 0. The van der Waals surface area contributed by atoms with Gasteiger partial charge in [-0.25, -0.2) is 8.78 Å². The Kier molecular flexibility index (Phi) is 3.68. The number of nitrogens with zero attached hydrogens (tertiary/aromatic N) is 1. The Labute approximate surface area is 84.7 Å². The minimum Gasteiger partial charge on any atom is -0.481 e. The Morgan fingerprint density at radius 2 is 2.20 bits per heavy atom. The summed E-state index contributed by atoms with van der Waals surface area (Å²) in [7, 11) is 0. The van der Waals surface area contributed by atoms with Crippen molar-refractivity contribution in [2.24, 2.45) is 5.73 Å². The lowest BCUT2D eigenvalue weighted by molar-refractivity contribution is -0.136. The number of aliphatic carboxylic acids is 1. The number of halogens is 2. The van der Waals surface area contributed by atoms with E-state index in [1.807, 2.05) is 0 Å². The number of rotatable bonds is 4. The molecule has 0 bridgehead atoms. The third-order valence-corrected chi connectivity index (χ3v) is 1.85. The highest BCUT2D eigenvalue weighted by atomic mass is 19.3. The van der Waals surface area contributed by atoms with Gasteiger partial charge in [-0.1, -0.05) is 6.07 Å². The molecular formula is C9H10F2N2O2. The number of carbonyl (C=O) groups is 1. The standard InChI is InChI=1S/C9H10F2N2O2/c10-9(11)6-2-1-5(3-8(14)15)7(4-12)13-6/h1-2,9H,3-4,12H2,(H,14,15). The van der Waals surface area contributed by atoms with E-state index in [0.717, 1.165) is 6.07 Å². The number of hydrogen-bond donors (Lipinski definition) is 2. The van der Waals surface area contributed by atoms with Gasteiger partial charge in [0.1, 0.15) is 5.69 Å². The second-order valence-corrected chi connectivity index (χ2v) is 2.92. The smallest absolute Gasteiger partial charge is 0.307 e. The highest BCUT2D eigenvalue weighted by molar-refractivity contribution is 5.70. The number of hydrogen-bond acceptors (Lipinski definition) is 3. The number of alkyl halides is 2. The highest BCUT2D eigenvalue weighted by Gasteiger charge is 2.13. The summed E-state index contributed by atoms with van der Waals surface area (Å²) < 4.78 is 24.5. The molecule has 0 aliphatic heterocycles. The summed E-state index contributed by atoms with van der Waals surface area (Å²) in [5, 5.41) is 8.55. The molecule has 1 rings (SSSR count). The van der Waals surface area contributed by atoms with E-state index in [0.29, 0.717) is 5.56 Å². The van der Waals surface area contributed by atoms with Gasteiger partial charge in [0.2, 0.25) is 0 Å². The molecule has 1 aromatic heterocycles. The molecule has 0 fully saturated rings. The van der Waals surface area contributed by atoms with E-state index in [1.165, 1.54) is 6.07 Å². The maximum Gasteiger partial charge on any atom is 0.307 e. The Hall–Kier alpha value is -1.56. The first kappa shape index (κ1) is 11.5. The zero-order valence-corrected chi connectivity index (χ0v) is 7.78. The van der Waals surface area contributed by atoms with Gasteiger partial charge in [-0.2, -0.15) is 0 Å². The molecule has 0 amide bonds. The van der Waals surface area contributed by atoms with Crippen molar-refractivity contribution in [3.05, 3.63) is 29.1 Å². The Morgan fingerprint density at radius 1 is 1.53 bits per heavy atom. The minimum atomic E-state index is -2.67. The van der Waals surface area contributed by atoms with Crippen LogP contribution in [-0.4, -0.2) is 16.1 Å². The maximum atomic E-state index is 12.3. The van der Waals surface area contributed by atoms with Gasteiger partial charge in [0, 0.05) is 6.54 Å². The fraction of sp³-hybridized carbons (Fsp3) is 0.333. The fourth-order valence-corrected chi connectivity index (χ4v) is 1.17. The van der Waals surface area contributed by atoms with E-state index < -0.39 is 12.4 Å². The Balaban J connectivity index is 3.03. The van der Waals surface area contributed by atoms with Crippen LogP contribution in [0.2, 0.25) is 0 Å². The molecule has 3 N–H and O–H groups in total.